The molecule has 0 saturated heterocycles. The molecule has 0 N–H and O–H groups in total. The molecule has 0 saturated carbocycles. The quantitative estimate of drug-likeness (QED) is 0.434. The van der Waals surface area contributed by atoms with Gasteiger partial charge in [-0.05, 0) is 17.8 Å². The Morgan fingerprint density at radius 3 is 2.71 bits per heavy atom. The van der Waals surface area contributed by atoms with Crippen LogP contribution >= 0.6 is 0 Å². The van der Waals surface area contributed by atoms with Crippen LogP contribution in [0, 0.1) is 0 Å². The van der Waals surface area contributed by atoms with Crippen LogP contribution in [0.15, 0.2) is 24.4 Å². The topological polar surface area (TPSA) is 3.24 Å². The molecule has 0 atom stereocenters. The van der Waals surface area contributed by atoms with Gasteiger partial charge in [0.15, 0.2) is 0 Å². The highest BCUT2D eigenvalue weighted by molar-refractivity contribution is 5.21. The minimum Gasteiger partial charge on any atom is -0.376 e. The van der Waals surface area contributed by atoms with Gasteiger partial charge in [-0.3, -0.25) is 0 Å². The largest absolute Gasteiger partial charge is 0.376 e. The molecule has 1 heterocycles. The van der Waals surface area contributed by atoms with E-state index in [2.05, 4.69) is 11.5 Å². The SMILES string of the molecule is C=C1C=CN(C)C1. The average molecular weight is 95.1 g/mol. The van der Waals surface area contributed by atoms with Crippen molar-refractivity contribution in [1.82, 2.24) is 4.90 Å². The highest BCUT2D eigenvalue weighted by Crippen LogP contribution is 2.04. The second kappa shape index (κ2) is 1.41. The Kier molecular flexibility index (Phi) is 0.895. The Morgan fingerprint density at radius 2 is 2.57 bits per heavy atom. The normalized spacial score (nSPS) is 19.0. The van der Waals surface area contributed by atoms with Crippen molar-refractivity contribution >= 4 is 0 Å². The first-order valence-electron chi connectivity index (χ1n) is 2.35. The summed E-state index contributed by atoms with van der Waals surface area (Å²) in [4.78, 5) is 2.10. The van der Waals surface area contributed by atoms with E-state index in [1.165, 1.54) is 5.57 Å². The Labute approximate surface area is 43.9 Å². The minimum atomic E-state index is 1.00. The Bertz CT molecular complexity index is 113. The van der Waals surface area contributed by atoms with Crippen molar-refractivity contribution in [2.75, 3.05) is 13.6 Å². The Balaban J connectivity index is 2.58. The third-order valence-electron chi connectivity index (χ3n) is 1.02. The molecule has 1 rings (SSSR count). The Hall–Kier alpha value is -0.720. The number of hydrogen-bond donors (Lipinski definition) is 0. The van der Waals surface area contributed by atoms with Crippen LogP contribution in [0.5, 0.6) is 0 Å². The second-order valence-corrected chi connectivity index (χ2v) is 1.89. The molecule has 0 aromatic rings. The van der Waals surface area contributed by atoms with Crippen LogP contribution in [0.25, 0.3) is 0 Å². The average Bonchev–Trinajstić information content (AvgIpc) is 1.87. The van der Waals surface area contributed by atoms with E-state index in [0.29, 0.717) is 0 Å². The lowest BCUT2D eigenvalue weighted by atomic mass is 10.3. The molecule has 7 heavy (non-hydrogen) atoms. The van der Waals surface area contributed by atoms with E-state index < -0.39 is 0 Å². The van der Waals surface area contributed by atoms with E-state index in [9.17, 15) is 0 Å². The first-order chi connectivity index (χ1) is 3.29. The molecule has 0 bridgehead atoms. The van der Waals surface area contributed by atoms with Crippen molar-refractivity contribution in [3.63, 3.8) is 0 Å². The molecule has 38 valence electrons. The molecule has 1 nitrogen and oxygen atoms in total. The molecule has 0 aliphatic carbocycles. The predicted octanol–water partition coefficient (Wildman–Crippen LogP) is 1.00. The fourth-order valence-corrected chi connectivity index (χ4v) is 0.658. The molecule has 1 aliphatic heterocycles. The zero-order valence-corrected chi connectivity index (χ0v) is 4.52. The van der Waals surface area contributed by atoms with Crippen molar-refractivity contribution in [3.05, 3.63) is 24.4 Å². The molecular weight excluding hydrogens is 86.1 g/mol. The van der Waals surface area contributed by atoms with Crippen LogP contribution < -0.4 is 0 Å². The maximum atomic E-state index is 3.78. The van der Waals surface area contributed by atoms with Crippen LogP contribution in [0.1, 0.15) is 0 Å². The van der Waals surface area contributed by atoms with Crippen LogP contribution in [0.3, 0.4) is 0 Å². The summed E-state index contributed by atoms with van der Waals surface area (Å²) in [6.07, 6.45) is 4.06. The first kappa shape index (κ1) is 4.44. The molecule has 0 amide bonds. The summed E-state index contributed by atoms with van der Waals surface area (Å²) in [6, 6.07) is 0. The van der Waals surface area contributed by atoms with Gasteiger partial charge in [0.1, 0.15) is 0 Å². The van der Waals surface area contributed by atoms with Gasteiger partial charge in [-0.25, -0.2) is 0 Å². The zero-order valence-electron chi connectivity index (χ0n) is 4.52. The van der Waals surface area contributed by atoms with E-state index in [4.69, 9.17) is 0 Å². The van der Waals surface area contributed by atoms with Crippen molar-refractivity contribution in [3.8, 4) is 0 Å². The molecular formula is C6H9N. The maximum Gasteiger partial charge on any atom is 0.0415 e. The van der Waals surface area contributed by atoms with Crippen LogP contribution in [-0.2, 0) is 0 Å². The van der Waals surface area contributed by atoms with Crippen molar-refractivity contribution in [1.29, 1.82) is 0 Å². The lowest BCUT2D eigenvalue weighted by molar-refractivity contribution is 0.523. The van der Waals surface area contributed by atoms with Gasteiger partial charge in [0.25, 0.3) is 0 Å². The van der Waals surface area contributed by atoms with Crippen molar-refractivity contribution in [2.45, 2.75) is 0 Å². The van der Waals surface area contributed by atoms with Gasteiger partial charge in [0.05, 0.1) is 0 Å². The number of likely N-dealkylation sites (N-methyl/N-ethyl adjacent to an activating group) is 1. The zero-order chi connectivity index (χ0) is 5.28. The first-order valence-corrected chi connectivity index (χ1v) is 2.35. The highest BCUT2D eigenvalue weighted by atomic mass is 15.1. The highest BCUT2D eigenvalue weighted by Gasteiger charge is 1.98. The van der Waals surface area contributed by atoms with Gasteiger partial charge in [-0.1, -0.05) is 6.58 Å². The van der Waals surface area contributed by atoms with E-state index in [1.807, 2.05) is 19.3 Å². The molecule has 0 spiro atoms. The summed E-state index contributed by atoms with van der Waals surface area (Å²) in [5.41, 5.74) is 1.20. The molecule has 1 aliphatic rings. The molecule has 0 radical (unpaired) electrons. The monoisotopic (exact) mass is 95.1 g/mol. The maximum absolute atomic E-state index is 3.78. The number of rotatable bonds is 0. The van der Waals surface area contributed by atoms with E-state index in [1.54, 1.807) is 0 Å². The summed E-state index contributed by atoms with van der Waals surface area (Å²) in [5, 5.41) is 0. The summed E-state index contributed by atoms with van der Waals surface area (Å²) < 4.78 is 0. The van der Waals surface area contributed by atoms with Gasteiger partial charge in [-0.2, -0.15) is 0 Å². The van der Waals surface area contributed by atoms with Gasteiger partial charge in [-0.15, -0.1) is 0 Å². The summed E-state index contributed by atoms with van der Waals surface area (Å²) in [5.74, 6) is 0. The smallest absolute Gasteiger partial charge is 0.0415 e. The fourth-order valence-electron chi connectivity index (χ4n) is 0.658. The van der Waals surface area contributed by atoms with Gasteiger partial charge < -0.3 is 4.90 Å². The second-order valence-electron chi connectivity index (χ2n) is 1.89. The van der Waals surface area contributed by atoms with Crippen LogP contribution in [0.2, 0.25) is 0 Å². The van der Waals surface area contributed by atoms with Crippen molar-refractivity contribution < 1.29 is 0 Å². The van der Waals surface area contributed by atoms with Gasteiger partial charge >= 0.3 is 0 Å². The lowest BCUT2D eigenvalue weighted by Crippen LogP contribution is -2.05. The lowest BCUT2D eigenvalue weighted by Gasteiger charge is -2.03. The predicted molar refractivity (Wildman–Crippen MR) is 30.9 cm³/mol. The molecule has 0 fully saturated rings. The summed E-state index contributed by atoms with van der Waals surface area (Å²) in [6.45, 7) is 4.78. The van der Waals surface area contributed by atoms with Crippen LogP contribution in [-0.4, -0.2) is 18.5 Å². The summed E-state index contributed by atoms with van der Waals surface area (Å²) >= 11 is 0. The fraction of sp³-hybridized carbons (Fsp3) is 0.333. The van der Waals surface area contributed by atoms with E-state index in [-0.39, 0.29) is 0 Å². The molecule has 1 heteroatoms. The molecule has 0 unspecified atom stereocenters. The molecule has 0 aromatic carbocycles. The Morgan fingerprint density at radius 1 is 1.86 bits per heavy atom. The molecule has 0 aromatic heterocycles. The standard InChI is InChI=1S/C6H9N/c1-6-3-4-7(2)5-6/h3-4H,1,5H2,2H3. The third-order valence-corrected chi connectivity index (χ3v) is 1.02. The van der Waals surface area contributed by atoms with Gasteiger partial charge in [0, 0.05) is 13.6 Å². The number of nitrogens with zero attached hydrogens (tertiary/aromatic N) is 1. The van der Waals surface area contributed by atoms with Crippen LogP contribution in [0.4, 0.5) is 0 Å². The minimum absolute atomic E-state index is 1.00. The van der Waals surface area contributed by atoms with Gasteiger partial charge in [0.2, 0.25) is 0 Å². The van der Waals surface area contributed by atoms with E-state index >= 15 is 0 Å². The summed E-state index contributed by atoms with van der Waals surface area (Å²) in [7, 11) is 2.04. The van der Waals surface area contributed by atoms with E-state index in [0.717, 1.165) is 6.54 Å². The van der Waals surface area contributed by atoms with Crippen molar-refractivity contribution in [2.24, 2.45) is 0 Å². The number of hydrogen-bond acceptors (Lipinski definition) is 1. The third kappa shape index (κ3) is 0.829.